The predicted octanol–water partition coefficient (Wildman–Crippen LogP) is 14.9. The van der Waals surface area contributed by atoms with Gasteiger partial charge >= 0.3 is 0 Å². The van der Waals surface area contributed by atoms with Crippen LogP contribution in [-0.2, 0) is 19.3 Å². The molecule has 0 unspecified atom stereocenters. The Bertz CT molecular complexity index is 2530. The van der Waals surface area contributed by atoms with E-state index >= 15 is 0 Å². The number of anilines is 6. The van der Waals surface area contributed by atoms with Gasteiger partial charge in [0.15, 0.2) is 0 Å². The van der Waals surface area contributed by atoms with Crippen LogP contribution in [0.3, 0.4) is 0 Å². The topological polar surface area (TPSA) is 120 Å². The van der Waals surface area contributed by atoms with Crippen LogP contribution in [0, 0.1) is 0 Å². The van der Waals surface area contributed by atoms with Crippen molar-refractivity contribution in [2.24, 2.45) is 0 Å². The first-order valence-electron chi connectivity index (χ1n) is 29.1. The van der Waals surface area contributed by atoms with Crippen LogP contribution in [0.1, 0.15) is 116 Å². The maximum Gasteiger partial charge on any atom is 0.143 e. The fourth-order valence-corrected chi connectivity index (χ4v) is 10.3. The van der Waals surface area contributed by atoms with Crippen molar-refractivity contribution in [2.45, 2.75) is 102 Å². The summed E-state index contributed by atoms with van der Waals surface area (Å²) in [5, 5.41) is 0. The lowest BCUT2D eigenvalue weighted by Gasteiger charge is -2.29. The molecular formula is C66H87N3O12. The zero-order chi connectivity index (χ0) is 58.2. The molecule has 0 aromatic heterocycles. The van der Waals surface area contributed by atoms with Gasteiger partial charge in [0.05, 0.1) is 113 Å². The van der Waals surface area contributed by atoms with Gasteiger partial charge in [-0.15, -0.1) is 0 Å². The average molecular weight is 1110 g/mol. The molecule has 16 aliphatic rings. The molecule has 12 bridgehead atoms. The number of rotatable bonds is 24. The van der Waals surface area contributed by atoms with E-state index in [4.69, 9.17) is 56.8 Å². The van der Waals surface area contributed by atoms with E-state index in [-0.39, 0.29) is 0 Å². The van der Waals surface area contributed by atoms with Crippen LogP contribution in [-0.4, -0.2) is 100 Å². The second kappa shape index (κ2) is 29.2. The normalized spacial score (nSPS) is 12.3. The van der Waals surface area contributed by atoms with Crippen molar-refractivity contribution in [2.75, 3.05) is 115 Å². The summed E-state index contributed by atoms with van der Waals surface area (Å²) in [5.74, 6) is 8.26. The van der Waals surface area contributed by atoms with E-state index < -0.39 is 0 Å². The van der Waals surface area contributed by atoms with Crippen LogP contribution in [0.4, 0.5) is 34.1 Å². The van der Waals surface area contributed by atoms with Crippen LogP contribution in [0.25, 0.3) is 0 Å². The van der Waals surface area contributed by atoms with Crippen molar-refractivity contribution in [3.8, 4) is 69.0 Å². The van der Waals surface area contributed by atoms with E-state index in [0.717, 1.165) is 67.5 Å². The molecule has 0 N–H and O–H groups in total. The molecule has 16 heterocycles. The molecule has 6 aromatic rings. The van der Waals surface area contributed by atoms with Crippen molar-refractivity contribution in [1.29, 1.82) is 0 Å². The van der Waals surface area contributed by atoms with Crippen LogP contribution in [0.15, 0.2) is 72.8 Å². The fraction of sp³-hybridized carbons (Fsp3) is 0.455. The number of benzene rings is 6. The Morgan fingerprint density at radius 3 is 0.457 bits per heavy atom. The molecule has 0 fully saturated rings. The minimum Gasteiger partial charge on any atom is -0.494 e. The first kappa shape index (κ1) is 61.0. The molecule has 22 rings (SSSR count). The minimum absolute atomic E-state index is 0.430. The summed E-state index contributed by atoms with van der Waals surface area (Å²) >= 11 is 0. The highest BCUT2D eigenvalue weighted by Crippen LogP contribution is 2.50. The Kier molecular flexibility index (Phi) is 21.9. The summed E-state index contributed by atoms with van der Waals surface area (Å²) in [4.78, 5) is 6.25. The first-order chi connectivity index (χ1) is 39.4. The Morgan fingerprint density at radius 2 is 0.333 bits per heavy atom. The Labute approximate surface area is 481 Å². The van der Waals surface area contributed by atoms with Crippen molar-refractivity contribution >= 4 is 34.1 Å². The molecule has 0 saturated heterocycles. The van der Waals surface area contributed by atoms with Gasteiger partial charge in [-0.1, -0.05) is 0 Å². The zero-order valence-corrected chi connectivity index (χ0v) is 50.8. The molecule has 15 heteroatoms. The largest absolute Gasteiger partial charge is 0.494 e. The summed E-state index contributed by atoms with van der Waals surface area (Å²) in [6, 6.07) is 24.8. The molecule has 0 spiro atoms. The Balaban J connectivity index is 1.56. The molecular weight excluding hydrogens is 1030 g/mol. The van der Waals surface area contributed by atoms with Crippen LogP contribution in [0.5, 0.6) is 69.0 Å². The SMILES string of the molecule is CCOc1cc2c(OCC)cc1Cc1cc(OCC)c(cc1OCC)N(C)c1cc(OCC)c(cc1OCC)Cc1cc(OCC)c(cc1OCC)N(C)c1cc(OCC)c(cc1OCC)Cc1cc(OCC)c(cc1OCC)N2C. The molecule has 0 saturated carbocycles. The Morgan fingerprint density at radius 1 is 0.210 bits per heavy atom. The molecule has 0 atom stereocenters. The monoisotopic (exact) mass is 1110 g/mol. The van der Waals surface area contributed by atoms with Gasteiger partial charge in [0.1, 0.15) is 69.0 Å². The summed E-state index contributed by atoms with van der Waals surface area (Å²) in [7, 11) is 6.04. The highest BCUT2D eigenvalue weighted by atomic mass is 16.5. The highest BCUT2D eigenvalue weighted by Gasteiger charge is 2.28. The van der Waals surface area contributed by atoms with Crippen LogP contribution in [0.2, 0.25) is 0 Å². The lowest BCUT2D eigenvalue weighted by atomic mass is 9.98. The van der Waals surface area contributed by atoms with Gasteiger partial charge in [0.2, 0.25) is 0 Å². The molecule has 0 aliphatic carbocycles. The molecule has 16 aliphatic heterocycles. The van der Waals surface area contributed by atoms with Crippen molar-refractivity contribution in [3.63, 3.8) is 0 Å². The summed E-state index contributed by atoms with van der Waals surface area (Å²) in [6.07, 6.45) is 1.34. The van der Waals surface area contributed by atoms with E-state index in [1.54, 1.807) is 0 Å². The summed E-state index contributed by atoms with van der Waals surface area (Å²) in [5.41, 5.74) is 10.2. The maximum atomic E-state index is 6.54. The maximum absolute atomic E-state index is 6.54. The van der Waals surface area contributed by atoms with Crippen molar-refractivity contribution in [3.05, 3.63) is 106 Å². The molecule has 15 nitrogen and oxygen atoms in total. The van der Waals surface area contributed by atoms with Gasteiger partial charge < -0.3 is 71.5 Å². The number of nitrogens with zero attached hydrogens (tertiary/aromatic N) is 3. The number of ether oxygens (including phenoxy) is 12. The van der Waals surface area contributed by atoms with Gasteiger partial charge in [0.25, 0.3) is 0 Å². The van der Waals surface area contributed by atoms with Gasteiger partial charge in [-0.2, -0.15) is 0 Å². The number of hydrogen-bond donors (Lipinski definition) is 0. The summed E-state index contributed by atoms with van der Waals surface area (Å²) < 4.78 is 78.5. The summed E-state index contributed by atoms with van der Waals surface area (Å²) in [6.45, 7) is 29.1. The molecule has 81 heavy (non-hydrogen) atoms. The van der Waals surface area contributed by atoms with Crippen molar-refractivity contribution in [1.82, 2.24) is 0 Å². The number of hydrogen-bond acceptors (Lipinski definition) is 15. The second-order valence-corrected chi connectivity index (χ2v) is 19.0. The first-order valence-corrected chi connectivity index (χ1v) is 29.1. The van der Waals surface area contributed by atoms with Gasteiger partial charge in [-0.25, -0.2) is 0 Å². The van der Waals surface area contributed by atoms with E-state index in [9.17, 15) is 0 Å². The predicted molar refractivity (Wildman–Crippen MR) is 325 cm³/mol. The van der Waals surface area contributed by atoms with E-state index in [2.05, 4.69) is 87.5 Å². The van der Waals surface area contributed by atoms with Gasteiger partial charge in [-0.3, -0.25) is 0 Å². The molecule has 6 aromatic carbocycles. The molecule has 438 valence electrons. The van der Waals surface area contributed by atoms with E-state index in [0.29, 0.717) is 168 Å². The van der Waals surface area contributed by atoms with Crippen LogP contribution >= 0.6 is 0 Å². The molecule has 0 radical (unpaired) electrons. The van der Waals surface area contributed by atoms with Crippen LogP contribution < -0.4 is 71.5 Å². The average Bonchev–Trinajstić information content (AvgIpc) is 3.65. The standard InChI is InChI=1S/C66H87N3O12/c1-16-70-55-37-49-61(76-22-7)31-43(55)28-44-32-62(77-23-8)51(39-56(44)71-17-2)68(14)52-40-58(73-19-4)47(35-64(52)79-25-10)30-48-36-66(81-27-12)54(42-60(48)75-21-6)69(15)53-41-59(74-20-5)46(34-65(53)80-26-11)29-45-33-63(78-24-9)50(67(49)13)38-57(45)72-18-3/h31-42H,16-30H2,1-15H3. The fourth-order valence-electron chi connectivity index (χ4n) is 10.3. The smallest absolute Gasteiger partial charge is 0.143 e. The minimum atomic E-state index is 0.430. The van der Waals surface area contributed by atoms with Gasteiger partial charge in [-0.05, 0) is 119 Å². The highest BCUT2D eigenvalue weighted by molar-refractivity contribution is 5.81. The lowest BCUT2D eigenvalue weighted by molar-refractivity contribution is 0.323. The van der Waals surface area contributed by atoms with Gasteiger partial charge in [0, 0.05) is 110 Å². The third-order valence-corrected chi connectivity index (χ3v) is 13.8. The second-order valence-electron chi connectivity index (χ2n) is 19.0. The van der Waals surface area contributed by atoms with E-state index in [1.165, 1.54) is 0 Å². The lowest BCUT2D eigenvalue weighted by Crippen LogP contribution is -2.16. The quantitative estimate of drug-likeness (QED) is 0.0571. The Hall–Kier alpha value is -7.68. The van der Waals surface area contributed by atoms with Crippen molar-refractivity contribution < 1.29 is 56.8 Å². The zero-order valence-electron chi connectivity index (χ0n) is 50.8. The third kappa shape index (κ3) is 13.9. The van der Waals surface area contributed by atoms with E-state index in [1.807, 2.05) is 104 Å². The third-order valence-electron chi connectivity index (χ3n) is 13.8. The molecule has 0 amide bonds.